The van der Waals surface area contributed by atoms with Crippen LogP contribution in [0.2, 0.25) is 0 Å². The fourth-order valence-corrected chi connectivity index (χ4v) is 14.4. The third kappa shape index (κ3) is 7.09. The van der Waals surface area contributed by atoms with E-state index in [2.05, 4.69) is 187 Å². The Hall–Kier alpha value is -4.40. The summed E-state index contributed by atoms with van der Waals surface area (Å²) in [5, 5.41) is 12.2. The first-order valence-electron chi connectivity index (χ1n) is 20.5. The third-order valence-corrected chi connectivity index (χ3v) is 18.7. The Kier molecular flexibility index (Phi) is 10.1. The summed E-state index contributed by atoms with van der Waals surface area (Å²) in [6.45, 7) is 18.9. The Bertz CT molecular complexity index is 3010. The smallest absolute Gasteiger partial charge is 0.0449 e. The first-order valence-corrected chi connectivity index (χ1v) is 25.5. The molecule has 298 valence electrons. The van der Waals surface area contributed by atoms with Crippen LogP contribution in [0.15, 0.2) is 132 Å². The van der Waals surface area contributed by atoms with Gasteiger partial charge in [-0.05, 0) is 151 Å². The zero-order valence-electron chi connectivity index (χ0n) is 35.2. The largest absolute Gasteiger partial charge is 0.143 e. The van der Waals surface area contributed by atoms with E-state index in [9.17, 15) is 0 Å². The Balaban J connectivity index is 1.36. The van der Waals surface area contributed by atoms with E-state index in [1.54, 1.807) is 0 Å². The van der Waals surface area contributed by atoms with Crippen molar-refractivity contribution in [1.29, 1.82) is 0 Å². The summed E-state index contributed by atoms with van der Waals surface area (Å²) < 4.78 is 0. The van der Waals surface area contributed by atoms with Crippen molar-refractivity contribution < 1.29 is 0 Å². The second kappa shape index (κ2) is 15.2. The summed E-state index contributed by atoms with van der Waals surface area (Å²) in [5.74, 6) is 0. The maximum Gasteiger partial charge on any atom is 0.0449 e. The number of fused-ring (bicyclic) bond motifs is 7. The standard InChI is InChI=1S/C54H46S6/c1-31-37-27-33(53(3,4)5)29-39(31)51(49-23-21-47(59-49)45-19-17-43(57-45)41-15-11-25-55-41)52(50-24-22-48(60-50)46-20-18-44(58-46)42-16-12-26-56-42)40-30-34(54(6,7)8)28-38(32(40)2)36-14-10-9-13-35(36)37/h9-30H,1-8H3. The number of aryl methyl sites for hydroxylation is 2. The van der Waals surface area contributed by atoms with Crippen LogP contribution in [0.3, 0.4) is 0 Å². The topological polar surface area (TPSA) is 0 Å². The highest BCUT2D eigenvalue weighted by atomic mass is 32.1. The van der Waals surface area contributed by atoms with E-state index in [0.29, 0.717) is 0 Å². The summed E-state index contributed by atoms with van der Waals surface area (Å²) in [7, 11) is 0. The fourth-order valence-electron chi connectivity index (χ4n) is 8.36. The molecule has 4 bridgehead atoms. The molecule has 4 aromatic carbocycles. The Morgan fingerprint density at radius 2 is 0.633 bits per heavy atom. The average molecular weight is 887 g/mol. The zero-order chi connectivity index (χ0) is 41.5. The quantitative estimate of drug-likeness (QED) is 0.156. The molecule has 0 radical (unpaired) electrons. The van der Waals surface area contributed by atoms with Crippen molar-refractivity contribution in [3.05, 3.63) is 154 Å². The van der Waals surface area contributed by atoms with Gasteiger partial charge in [0.1, 0.15) is 0 Å². The van der Waals surface area contributed by atoms with Gasteiger partial charge < -0.3 is 0 Å². The molecular weight excluding hydrogens is 841 g/mol. The first-order chi connectivity index (χ1) is 28.8. The summed E-state index contributed by atoms with van der Waals surface area (Å²) in [4.78, 5) is 13.2. The lowest BCUT2D eigenvalue weighted by Crippen LogP contribution is -2.11. The molecule has 6 aromatic heterocycles. The molecule has 0 aliphatic heterocycles. The van der Waals surface area contributed by atoms with Crippen molar-refractivity contribution in [1.82, 2.24) is 0 Å². The molecule has 6 heterocycles. The fraction of sp³-hybridized carbons (Fsp3) is 0.185. The summed E-state index contributed by atoms with van der Waals surface area (Å²) in [6, 6.07) is 46.7. The van der Waals surface area contributed by atoms with Gasteiger partial charge in [-0.3, -0.25) is 0 Å². The molecule has 0 aliphatic rings. The molecule has 0 aliphatic carbocycles. The SMILES string of the molecule is Cc1c2cc(C(C)(C)C)cc1c1ccccc1c1cc(C(C)(C)C)cc(c(-c3ccc(-c4ccc(-c5cccs5)s4)s3)c2-c2ccc(-c3ccc(-c4cccs4)s3)s2)c1C. The molecule has 0 saturated carbocycles. The summed E-state index contributed by atoms with van der Waals surface area (Å²) in [6.07, 6.45) is 0. The van der Waals surface area contributed by atoms with Crippen molar-refractivity contribution in [3.8, 4) is 59.9 Å². The molecule has 60 heavy (non-hydrogen) atoms. The van der Waals surface area contributed by atoms with Crippen LogP contribution < -0.4 is 0 Å². The second-order valence-electron chi connectivity index (χ2n) is 17.8. The molecule has 6 heteroatoms. The Morgan fingerprint density at radius 1 is 0.317 bits per heavy atom. The van der Waals surface area contributed by atoms with Gasteiger partial charge in [-0.1, -0.05) is 102 Å². The molecule has 0 amide bonds. The number of thiophene rings is 6. The normalized spacial score (nSPS) is 12.3. The second-order valence-corrected chi connectivity index (χ2v) is 24.0. The molecular formula is C54H46S6. The molecule has 0 nitrogen and oxygen atoms in total. The number of rotatable bonds is 6. The highest BCUT2D eigenvalue weighted by Gasteiger charge is 2.25. The predicted molar refractivity (Wildman–Crippen MR) is 275 cm³/mol. The van der Waals surface area contributed by atoms with Gasteiger partial charge in [0.15, 0.2) is 0 Å². The molecule has 10 aromatic rings. The van der Waals surface area contributed by atoms with Gasteiger partial charge in [0.2, 0.25) is 0 Å². The van der Waals surface area contributed by atoms with E-state index in [4.69, 9.17) is 0 Å². The minimum Gasteiger partial charge on any atom is -0.143 e. The van der Waals surface area contributed by atoms with E-state index in [1.807, 2.05) is 68.0 Å². The molecule has 0 N–H and O–H groups in total. The van der Waals surface area contributed by atoms with E-state index in [0.717, 1.165) is 0 Å². The first kappa shape index (κ1) is 39.7. The average Bonchev–Trinajstić information content (AvgIpc) is 4.06. The van der Waals surface area contributed by atoms with Gasteiger partial charge >= 0.3 is 0 Å². The third-order valence-electron chi connectivity index (χ3n) is 11.8. The van der Waals surface area contributed by atoms with E-state index in [-0.39, 0.29) is 10.8 Å². The molecule has 0 fully saturated rings. The molecule has 10 rings (SSSR count). The zero-order valence-corrected chi connectivity index (χ0v) is 40.1. The van der Waals surface area contributed by atoms with Crippen LogP contribution in [0.25, 0.3) is 92.2 Å². The van der Waals surface area contributed by atoms with Gasteiger partial charge in [0.25, 0.3) is 0 Å². The monoisotopic (exact) mass is 886 g/mol. The van der Waals surface area contributed by atoms with Crippen LogP contribution in [0, 0.1) is 13.8 Å². The van der Waals surface area contributed by atoms with Crippen molar-refractivity contribution in [2.24, 2.45) is 0 Å². The van der Waals surface area contributed by atoms with Crippen LogP contribution >= 0.6 is 68.0 Å². The van der Waals surface area contributed by atoms with E-state index in [1.165, 1.54) is 114 Å². The van der Waals surface area contributed by atoms with E-state index < -0.39 is 0 Å². The lowest BCUT2D eigenvalue weighted by molar-refractivity contribution is 0.591. The van der Waals surface area contributed by atoms with Crippen LogP contribution in [-0.2, 0) is 10.8 Å². The summed E-state index contributed by atoms with van der Waals surface area (Å²) in [5.41, 5.74) is 7.87. The minimum absolute atomic E-state index is 0.0590. The number of hydrogen-bond acceptors (Lipinski definition) is 6. The lowest BCUT2D eigenvalue weighted by Gasteiger charge is -2.24. The minimum atomic E-state index is -0.0590. The summed E-state index contributed by atoms with van der Waals surface area (Å²) >= 11 is 11.3. The highest BCUT2D eigenvalue weighted by Crippen LogP contribution is 2.51. The molecule has 0 spiro atoms. The van der Waals surface area contributed by atoms with Crippen LogP contribution in [0.4, 0.5) is 0 Å². The van der Waals surface area contributed by atoms with Crippen molar-refractivity contribution >= 4 is 100 Å². The van der Waals surface area contributed by atoms with Gasteiger partial charge in [-0.25, -0.2) is 0 Å². The predicted octanol–water partition coefficient (Wildman–Crippen LogP) is 19.3. The Morgan fingerprint density at radius 3 is 0.967 bits per heavy atom. The number of hydrogen-bond donors (Lipinski definition) is 0. The van der Waals surface area contributed by atoms with Crippen LogP contribution in [-0.4, -0.2) is 0 Å². The van der Waals surface area contributed by atoms with Crippen molar-refractivity contribution in [2.45, 2.75) is 66.2 Å². The van der Waals surface area contributed by atoms with Crippen LogP contribution in [0.1, 0.15) is 63.8 Å². The van der Waals surface area contributed by atoms with Crippen LogP contribution in [0.5, 0.6) is 0 Å². The van der Waals surface area contributed by atoms with Gasteiger partial charge in [0.05, 0.1) is 0 Å². The number of benzene rings is 3. The molecule has 0 unspecified atom stereocenters. The Labute approximate surface area is 377 Å². The lowest BCUT2D eigenvalue weighted by atomic mass is 9.80. The van der Waals surface area contributed by atoms with Crippen molar-refractivity contribution in [2.75, 3.05) is 0 Å². The maximum absolute atomic E-state index is 2.53. The van der Waals surface area contributed by atoms with E-state index >= 15 is 0 Å². The van der Waals surface area contributed by atoms with Gasteiger partial charge in [0, 0.05) is 59.9 Å². The van der Waals surface area contributed by atoms with Gasteiger partial charge in [-0.15, -0.1) is 68.0 Å². The maximum atomic E-state index is 2.53. The van der Waals surface area contributed by atoms with Crippen molar-refractivity contribution in [3.63, 3.8) is 0 Å². The highest BCUT2D eigenvalue weighted by molar-refractivity contribution is 7.28. The van der Waals surface area contributed by atoms with Gasteiger partial charge in [-0.2, -0.15) is 0 Å². The molecule has 0 atom stereocenters. The molecule has 0 saturated heterocycles.